The van der Waals surface area contributed by atoms with Gasteiger partial charge in [0.05, 0.1) is 11.2 Å². The molecule has 0 aliphatic carbocycles. The monoisotopic (exact) mass is 282 g/mol. The van der Waals surface area contributed by atoms with Gasteiger partial charge in [-0.25, -0.2) is 0 Å². The van der Waals surface area contributed by atoms with Gasteiger partial charge in [-0.1, -0.05) is 0 Å². The van der Waals surface area contributed by atoms with E-state index < -0.39 is 0 Å². The van der Waals surface area contributed by atoms with Crippen molar-refractivity contribution < 1.29 is 4.74 Å². The molecule has 0 aliphatic rings. The number of nitrogens with two attached hydrogens (primary N) is 1. The minimum atomic E-state index is 0.692. The molecule has 0 spiro atoms. The molecule has 5 heteroatoms. The van der Waals surface area contributed by atoms with E-state index in [1.54, 1.807) is 0 Å². The SMILES string of the molecule is Cc1cc(Oc2c(C)nn(C)c2C)c2cc(N)ccc2n1. The van der Waals surface area contributed by atoms with Crippen molar-refractivity contribution in [3.8, 4) is 11.5 Å². The van der Waals surface area contributed by atoms with Crippen LogP contribution in [0.15, 0.2) is 24.3 Å². The zero-order valence-corrected chi connectivity index (χ0v) is 12.6. The summed E-state index contributed by atoms with van der Waals surface area (Å²) < 4.78 is 7.95. The minimum Gasteiger partial charge on any atom is -0.453 e. The summed E-state index contributed by atoms with van der Waals surface area (Å²) in [4.78, 5) is 4.51. The molecule has 0 saturated carbocycles. The predicted molar refractivity (Wildman–Crippen MR) is 83.6 cm³/mol. The Morgan fingerprint density at radius 3 is 2.57 bits per heavy atom. The molecular weight excluding hydrogens is 264 g/mol. The maximum absolute atomic E-state index is 6.13. The molecule has 108 valence electrons. The van der Waals surface area contributed by atoms with Gasteiger partial charge in [0.1, 0.15) is 11.4 Å². The summed E-state index contributed by atoms with van der Waals surface area (Å²) in [6.07, 6.45) is 0. The fraction of sp³-hybridized carbons (Fsp3) is 0.250. The van der Waals surface area contributed by atoms with Gasteiger partial charge >= 0.3 is 0 Å². The van der Waals surface area contributed by atoms with Crippen molar-refractivity contribution in [2.24, 2.45) is 7.05 Å². The number of benzene rings is 1. The van der Waals surface area contributed by atoms with Gasteiger partial charge in [-0.05, 0) is 39.0 Å². The lowest BCUT2D eigenvalue weighted by Crippen LogP contribution is -1.95. The first kappa shape index (κ1) is 13.4. The van der Waals surface area contributed by atoms with Crippen LogP contribution in [-0.4, -0.2) is 14.8 Å². The Bertz CT molecular complexity index is 836. The zero-order valence-electron chi connectivity index (χ0n) is 12.6. The number of rotatable bonds is 2. The molecule has 0 bridgehead atoms. The summed E-state index contributed by atoms with van der Waals surface area (Å²) in [5.74, 6) is 1.54. The third-order valence-electron chi connectivity index (χ3n) is 3.58. The van der Waals surface area contributed by atoms with E-state index in [4.69, 9.17) is 10.5 Å². The molecule has 21 heavy (non-hydrogen) atoms. The van der Waals surface area contributed by atoms with Crippen LogP contribution in [0, 0.1) is 20.8 Å². The van der Waals surface area contributed by atoms with E-state index in [1.807, 2.05) is 56.8 Å². The molecule has 2 N–H and O–H groups in total. The molecule has 3 aromatic rings. The van der Waals surface area contributed by atoms with Crippen molar-refractivity contribution in [1.82, 2.24) is 14.8 Å². The van der Waals surface area contributed by atoms with E-state index in [0.717, 1.165) is 39.5 Å². The second-order valence-electron chi connectivity index (χ2n) is 5.26. The molecule has 0 amide bonds. The number of hydrogen-bond donors (Lipinski definition) is 1. The lowest BCUT2D eigenvalue weighted by Gasteiger charge is -2.11. The fourth-order valence-corrected chi connectivity index (χ4v) is 2.43. The van der Waals surface area contributed by atoms with Gasteiger partial charge < -0.3 is 10.5 Å². The van der Waals surface area contributed by atoms with Crippen LogP contribution in [0.5, 0.6) is 11.5 Å². The summed E-state index contributed by atoms with van der Waals surface area (Å²) in [6.45, 7) is 5.87. The number of nitrogens with zero attached hydrogens (tertiary/aromatic N) is 3. The molecule has 5 nitrogen and oxygen atoms in total. The van der Waals surface area contributed by atoms with Crippen molar-refractivity contribution in [1.29, 1.82) is 0 Å². The highest BCUT2D eigenvalue weighted by molar-refractivity contribution is 5.88. The summed E-state index contributed by atoms with van der Waals surface area (Å²) in [6, 6.07) is 7.57. The van der Waals surface area contributed by atoms with E-state index >= 15 is 0 Å². The quantitative estimate of drug-likeness (QED) is 0.733. The van der Waals surface area contributed by atoms with E-state index in [0.29, 0.717) is 5.69 Å². The molecule has 0 fully saturated rings. The molecule has 0 saturated heterocycles. The van der Waals surface area contributed by atoms with Gasteiger partial charge in [-0.3, -0.25) is 9.67 Å². The summed E-state index contributed by atoms with van der Waals surface area (Å²) in [7, 11) is 1.91. The van der Waals surface area contributed by atoms with Crippen LogP contribution in [0.2, 0.25) is 0 Å². The topological polar surface area (TPSA) is 66.0 Å². The Labute approximate surface area is 123 Å². The first-order valence-electron chi connectivity index (χ1n) is 6.80. The number of anilines is 1. The van der Waals surface area contributed by atoms with Crippen LogP contribution >= 0.6 is 0 Å². The summed E-state index contributed by atoms with van der Waals surface area (Å²) in [5, 5.41) is 5.28. The van der Waals surface area contributed by atoms with Crippen LogP contribution in [0.1, 0.15) is 17.1 Å². The highest BCUT2D eigenvalue weighted by atomic mass is 16.5. The number of ether oxygens (including phenoxy) is 1. The standard InChI is InChI=1S/C16H18N4O/c1-9-7-15(13-8-12(17)5-6-14(13)18-9)21-16-10(2)19-20(4)11(16)3/h5-8H,17H2,1-4H3. The van der Waals surface area contributed by atoms with Crippen molar-refractivity contribution in [3.63, 3.8) is 0 Å². The molecular formula is C16H18N4O. The molecule has 0 atom stereocenters. The van der Waals surface area contributed by atoms with Gasteiger partial charge in [0, 0.05) is 29.9 Å². The number of aryl methyl sites for hydroxylation is 3. The average molecular weight is 282 g/mol. The number of fused-ring (bicyclic) bond motifs is 1. The van der Waals surface area contributed by atoms with Gasteiger partial charge in [-0.15, -0.1) is 0 Å². The van der Waals surface area contributed by atoms with Gasteiger partial charge in [0.15, 0.2) is 5.75 Å². The first-order valence-corrected chi connectivity index (χ1v) is 6.80. The Balaban J connectivity index is 2.18. The molecule has 2 heterocycles. The highest BCUT2D eigenvalue weighted by Gasteiger charge is 2.14. The third-order valence-corrected chi connectivity index (χ3v) is 3.58. The summed E-state index contributed by atoms with van der Waals surface area (Å²) in [5.41, 5.74) is 10.2. The van der Waals surface area contributed by atoms with Crippen LogP contribution in [0.3, 0.4) is 0 Å². The van der Waals surface area contributed by atoms with E-state index in [9.17, 15) is 0 Å². The Hall–Kier alpha value is -2.56. The normalized spacial score (nSPS) is 11.0. The number of hydrogen-bond acceptors (Lipinski definition) is 4. The van der Waals surface area contributed by atoms with Crippen LogP contribution in [-0.2, 0) is 7.05 Å². The number of nitrogen functional groups attached to an aromatic ring is 1. The van der Waals surface area contributed by atoms with E-state index in [-0.39, 0.29) is 0 Å². The Kier molecular flexibility index (Phi) is 3.05. The van der Waals surface area contributed by atoms with Crippen LogP contribution < -0.4 is 10.5 Å². The average Bonchev–Trinajstić information content (AvgIpc) is 2.66. The van der Waals surface area contributed by atoms with Crippen molar-refractivity contribution >= 4 is 16.6 Å². The van der Waals surface area contributed by atoms with Crippen molar-refractivity contribution in [2.45, 2.75) is 20.8 Å². The van der Waals surface area contributed by atoms with Crippen LogP contribution in [0.4, 0.5) is 5.69 Å². The second kappa shape index (κ2) is 4.77. The third kappa shape index (κ3) is 2.31. The second-order valence-corrected chi connectivity index (χ2v) is 5.26. The maximum atomic E-state index is 6.13. The van der Waals surface area contributed by atoms with Crippen molar-refractivity contribution in [3.05, 3.63) is 41.3 Å². The highest BCUT2D eigenvalue weighted by Crippen LogP contribution is 2.34. The molecule has 1 aromatic carbocycles. The minimum absolute atomic E-state index is 0.692. The van der Waals surface area contributed by atoms with Crippen LogP contribution in [0.25, 0.3) is 10.9 Å². The number of pyridine rings is 1. The van der Waals surface area contributed by atoms with E-state index in [2.05, 4.69) is 10.1 Å². The molecule has 0 unspecified atom stereocenters. The Morgan fingerprint density at radius 1 is 1.14 bits per heavy atom. The number of aromatic nitrogens is 3. The molecule has 3 rings (SSSR count). The zero-order chi connectivity index (χ0) is 15.1. The largest absolute Gasteiger partial charge is 0.453 e. The smallest absolute Gasteiger partial charge is 0.171 e. The predicted octanol–water partition coefficient (Wildman–Crippen LogP) is 3.27. The lowest BCUT2D eigenvalue weighted by molar-refractivity contribution is 0.478. The van der Waals surface area contributed by atoms with Gasteiger partial charge in [-0.2, -0.15) is 5.10 Å². The lowest BCUT2D eigenvalue weighted by atomic mass is 10.1. The van der Waals surface area contributed by atoms with Gasteiger partial charge in [0.2, 0.25) is 0 Å². The summed E-state index contributed by atoms with van der Waals surface area (Å²) >= 11 is 0. The van der Waals surface area contributed by atoms with Crippen molar-refractivity contribution in [2.75, 3.05) is 5.73 Å². The fourth-order valence-electron chi connectivity index (χ4n) is 2.43. The molecule has 2 aromatic heterocycles. The maximum Gasteiger partial charge on any atom is 0.171 e. The van der Waals surface area contributed by atoms with Gasteiger partial charge in [0.25, 0.3) is 0 Å². The van der Waals surface area contributed by atoms with E-state index in [1.165, 1.54) is 0 Å². The first-order chi connectivity index (χ1) is 9.95. The molecule has 0 radical (unpaired) electrons. The Morgan fingerprint density at radius 2 is 1.90 bits per heavy atom. The molecule has 0 aliphatic heterocycles.